The summed E-state index contributed by atoms with van der Waals surface area (Å²) in [5.74, 6) is 2.31. The molecule has 0 unspecified atom stereocenters. The molecule has 0 radical (unpaired) electrons. The fourth-order valence-electron chi connectivity index (χ4n) is 6.49. The molecule has 0 fully saturated rings. The summed E-state index contributed by atoms with van der Waals surface area (Å²) in [5, 5.41) is 17.5. The van der Waals surface area contributed by atoms with E-state index in [0.717, 1.165) is 39.8 Å². The van der Waals surface area contributed by atoms with Crippen molar-refractivity contribution in [2.24, 2.45) is 0 Å². The highest BCUT2D eigenvalue weighted by Gasteiger charge is 2.30. The number of unbranched alkanes of at least 4 members (excludes halogenated alkanes) is 17. The zero-order valence-electron chi connectivity index (χ0n) is 33.1. The van der Waals surface area contributed by atoms with Gasteiger partial charge in [-0.1, -0.05) is 182 Å². The van der Waals surface area contributed by atoms with Crippen molar-refractivity contribution < 1.29 is 5.11 Å². The van der Waals surface area contributed by atoms with E-state index in [9.17, 15) is 5.11 Å². The van der Waals surface area contributed by atoms with Crippen LogP contribution in [0, 0.1) is 0 Å². The summed E-state index contributed by atoms with van der Waals surface area (Å²) in [5.41, 5.74) is 2.40. The van der Waals surface area contributed by atoms with Gasteiger partial charge in [-0.3, -0.25) is 0 Å². The van der Waals surface area contributed by atoms with Gasteiger partial charge in [0.25, 0.3) is 0 Å². The van der Waals surface area contributed by atoms with Gasteiger partial charge in [0.15, 0.2) is 11.0 Å². The van der Waals surface area contributed by atoms with Crippen molar-refractivity contribution >= 4 is 21.6 Å². The lowest BCUT2D eigenvalue weighted by atomic mass is 9.78. The number of rotatable bonds is 25. The van der Waals surface area contributed by atoms with Gasteiger partial charge in [0.1, 0.15) is 5.75 Å². The maximum Gasteiger partial charge on any atom is 0.198 e. The minimum Gasteiger partial charge on any atom is -0.507 e. The van der Waals surface area contributed by atoms with E-state index in [4.69, 9.17) is 10.1 Å². The maximum absolute atomic E-state index is 11.3. The summed E-state index contributed by atoms with van der Waals surface area (Å²) in [6.07, 6.45) is 27.2. The second-order valence-corrected chi connectivity index (χ2v) is 19.4. The Morgan fingerprint density at radius 3 is 1.46 bits per heavy atom. The molecule has 0 saturated carbocycles. The van der Waals surface area contributed by atoms with Gasteiger partial charge in [-0.2, -0.15) is 0 Å². The van der Waals surface area contributed by atoms with Crippen LogP contribution in [0.3, 0.4) is 0 Å². The van der Waals surface area contributed by atoms with Crippen LogP contribution in [0.5, 0.6) is 5.75 Å². The Hall–Kier alpha value is -1.14. The van der Waals surface area contributed by atoms with Gasteiger partial charge < -0.3 is 5.11 Å². The first-order valence-electron chi connectivity index (χ1n) is 19.9. The average molecular weight is 702 g/mol. The van der Waals surface area contributed by atoms with Crippen LogP contribution in [-0.4, -0.2) is 25.6 Å². The minimum atomic E-state index is -0.192. The first kappa shape index (κ1) is 43.0. The highest BCUT2D eigenvalue weighted by atomic mass is 33.1. The highest BCUT2D eigenvalue weighted by molar-refractivity contribution is 8.76. The van der Waals surface area contributed by atoms with Crippen LogP contribution in [0.15, 0.2) is 17.3 Å². The molecule has 1 N–H and O–H groups in total. The molecule has 0 aliphatic heterocycles. The van der Waals surface area contributed by atoms with Crippen LogP contribution in [0.2, 0.25) is 0 Å². The lowest BCUT2D eigenvalue weighted by Gasteiger charge is -2.28. The van der Waals surface area contributed by atoms with E-state index in [1.165, 1.54) is 122 Å². The van der Waals surface area contributed by atoms with Crippen molar-refractivity contribution in [3.8, 4) is 17.1 Å². The zero-order chi connectivity index (χ0) is 35.6. The normalized spacial score (nSPS) is 12.7. The number of hydrogen-bond donors (Lipinski definition) is 1. The second-order valence-electron chi connectivity index (χ2n) is 17.0. The van der Waals surface area contributed by atoms with Gasteiger partial charge in [-0.05, 0) is 60.4 Å². The Bertz CT molecular complexity index is 1120. The number of phenolic OH excluding ortho intramolecular Hbond substituents is 1. The number of nitrogens with zero attached hydrogens (tertiary/aromatic N) is 3. The van der Waals surface area contributed by atoms with Crippen LogP contribution in [-0.2, 0) is 16.4 Å². The zero-order valence-corrected chi connectivity index (χ0v) is 34.7. The monoisotopic (exact) mass is 702 g/mol. The molecule has 0 aliphatic rings. The Balaban J connectivity index is 1.92. The molecule has 0 aliphatic carbocycles. The van der Waals surface area contributed by atoms with Crippen molar-refractivity contribution in [2.45, 2.75) is 219 Å². The third-order valence-corrected chi connectivity index (χ3v) is 12.0. The Kier molecular flexibility index (Phi) is 19.7. The van der Waals surface area contributed by atoms with E-state index in [1.54, 1.807) is 10.8 Å². The summed E-state index contributed by atoms with van der Waals surface area (Å²) in [6.45, 7) is 22.2. The van der Waals surface area contributed by atoms with Gasteiger partial charge in [0.2, 0.25) is 0 Å². The lowest BCUT2D eigenvalue weighted by Crippen LogP contribution is -2.28. The Morgan fingerprint density at radius 2 is 1.02 bits per heavy atom. The van der Waals surface area contributed by atoms with Crippen molar-refractivity contribution in [2.75, 3.05) is 5.75 Å². The summed E-state index contributed by atoms with van der Waals surface area (Å²) >= 11 is 0. The molecule has 2 aromatic rings. The molecule has 1 heterocycles. The first-order chi connectivity index (χ1) is 22.7. The number of aromatic nitrogens is 3. The molecular weight excluding hydrogens is 627 g/mol. The van der Waals surface area contributed by atoms with Gasteiger partial charge in [0, 0.05) is 22.4 Å². The molecule has 2 rings (SSSR count). The molecule has 0 saturated heterocycles. The van der Waals surface area contributed by atoms with Crippen LogP contribution in [0.1, 0.15) is 209 Å². The molecule has 276 valence electrons. The molecule has 6 heteroatoms. The first-order valence-corrected chi connectivity index (χ1v) is 22.2. The fraction of sp³-hybridized carbons (Fsp3) is 0.810. The van der Waals surface area contributed by atoms with Crippen LogP contribution < -0.4 is 0 Å². The van der Waals surface area contributed by atoms with Crippen molar-refractivity contribution in [3.63, 3.8) is 0 Å². The second kappa shape index (κ2) is 21.9. The number of benzene rings is 1. The quantitative estimate of drug-likeness (QED) is 0.0825. The molecule has 1 aromatic carbocycles. The van der Waals surface area contributed by atoms with E-state index >= 15 is 0 Å². The van der Waals surface area contributed by atoms with Crippen molar-refractivity contribution in [3.05, 3.63) is 23.3 Å². The van der Waals surface area contributed by atoms with E-state index in [-0.39, 0.29) is 16.4 Å². The lowest BCUT2D eigenvalue weighted by molar-refractivity contribution is 0.263. The third kappa shape index (κ3) is 15.4. The smallest absolute Gasteiger partial charge is 0.198 e. The van der Waals surface area contributed by atoms with Crippen LogP contribution >= 0.6 is 21.6 Å². The van der Waals surface area contributed by atoms with E-state index in [1.807, 2.05) is 10.8 Å². The van der Waals surface area contributed by atoms with Crippen LogP contribution in [0.4, 0.5) is 0 Å². The minimum absolute atomic E-state index is 0.117. The molecular formula is C42H75N3OS2. The van der Waals surface area contributed by atoms with Gasteiger partial charge >= 0.3 is 0 Å². The van der Waals surface area contributed by atoms with E-state index in [0.29, 0.717) is 5.75 Å². The van der Waals surface area contributed by atoms with E-state index < -0.39 is 0 Å². The predicted molar refractivity (Wildman–Crippen MR) is 216 cm³/mol. The highest BCUT2D eigenvalue weighted by Crippen LogP contribution is 2.43. The Morgan fingerprint density at radius 1 is 0.604 bits per heavy atom. The number of aromatic hydroxyl groups is 1. The SMILES string of the molecule is CCCCCCCCCCCCCCCCCCSSc1nc(-c2cc(C(C)(C)C)c(O)c(C(C)(C)C)c2)nn1C(C)(C)CCCCC. The third-order valence-electron chi connectivity index (χ3n) is 9.74. The largest absolute Gasteiger partial charge is 0.507 e. The van der Waals surface area contributed by atoms with Crippen molar-refractivity contribution in [1.29, 1.82) is 0 Å². The van der Waals surface area contributed by atoms with Gasteiger partial charge in [-0.15, -0.1) is 5.10 Å². The molecule has 48 heavy (non-hydrogen) atoms. The fourth-order valence-corrected chi connectivity index (χ4v) is 8.73. The topological polar surface area (TPSA) is 50.9 Å². The molecule has 0 bridgehead atoms. The molecule has 0 atom stereocenters. The molecule has 0 spiro atoms. The maximum atomic E-state index is 11.3. The molecule has 1 aromatic heterocycles. The van der Waals surface area contributed by atoms with Gasteiger partial charge in [0.05, 0.1) is 5.54 Å². The number of phenols is 1. The molecule has 0 amide bonds. The van der Waals surface area contributed by atoms with Gasteiger partial charge in [-0.25, -0.2) is 9.67 Å². The summed E-state index contributed by atoms with van der Waals surface area (Å²) in [6, 6.07) is 4.23. The summed E-state index contributed by atoms with van der Waals surface area (Å²) in [4.78, 5) is 5.18. The summed E-state index contributed by atoms with van der Waals surface area (Å²) in [7, 11) is 3.73. The standard InChI is InChI=1S/C42H75N3OS2/c1-11-13-15-16-17-18-19-20-21-22-23-24-25-26-27-29-31-47-48-39-43-38(44-45(39)42(9,10)30-28-14-12-2)34-32-35(40(3,4)5)37(46)36(33-34)41(6,7)8/h32-33,46H,11-31H2,1-10H3. The average Bonchev–Trinajstić information content (AvgIpc) is 3.45. The van der Waals surface area contributed by atoms with Crippen LogP contribution in [0.25, 0.3) is 11.4 Å². The van der Waals surface area contributed by atoms with Crippen molar-refractivity contribution in [1.82, 2.24) is 14.8 Å². The predicted octanol–water partition coefficient (Wildman–Crippen LogP) is 14.6. The van der Waals surface area contributed by atoms with E-state index in [2.05, 4.69) is 86.1 Å². The Labute approximate surface area is 305 Å². The summed E-state index contributed by atoms with van der Waals surface area (Å²) < 4.78 is 2.20. The molecule has 4 nitrogen and oxygen atoms in total. The number of hydrogen-bond acceptors (Lipinski definition) is 5.